The Morgan fingerprint density at radius 1 is 1.67 bits per heavy atom. The van der Waals surface area contributed by atoms with Crippen molar-refractivity contribution in [3.63, 3.8) is 0 Å². The molecule has 1 atom stereocenters. The molecule has 1 unspecified atom stereocenters. The van der Waals surface area contributed by atoms with Crippen LogP contribution in [0.2, 0.25) is 0 Å². The normalized spacial score (nSPS) is 19.5. The molecule has 0 saturated carbocycles. The Balaban J connectivity index is 1.94. The molecule has 1 aromatic rings. The number of pyridine rings is 1. The maximum Gasteiger partial charge on any atom is 0.288 e. The Morgan fingerprint density at radius 3 is 3.11 bits per heavy atom. The summed E-state index contributed by atoms with van der Waals surface area (Å²) in [5.41, 5.74) is 0.701. The van der Waals surface area contributed by atoms with Crippen LogP contribution >= 0.6 is 0 Å². The minimum absolute atomic E-state index is 0.000756. The molecular weight excluding hydrogens is 234 g/mol. The maximum atomic E-state index is 10.6. The first-order valence-electron chi connectivity index (χ1n) is 6.11. The van der Waals surface area contributed by atoms with Gasteiger partial charge in [-0.05, 0) is 26.3 Å². The van der Waals surface area contributed by atoms with Crippen LogP contribution in [0.15, 0.2) is 12.3 Å². The van der Waals surface area contributed by atoms with Gasteiger partial charge in [0.25, 0.3) is 5.69 Å². The topological polar surface area (TPSA) is 77.3 Å². The number of hydrogen-bond acceptors (Lipinski definition) is 5. The van der Waals surface area contributed by atoms with E-state index in [9.17, 15) is 10.1 Å². The van der Waals surface area contributed by atoms with Gasteiger partial charge in [0.1, 0.15) is 6.20 Å². The van der Waals surface area contributed by atoms with Gasteiger partial charge in [-0.2, -0.15) is 0 Å². The van der Waals surface area contributed by atoms with Crippen molar-refractivity contribution in [3.05, 3.63) is 27.9 Å². The molecule has 2 heterocycles. The zero-order chi connectivity index (χ0) is 13.0. The van der Waals surface area contributed by atoms with Gasteiger partial charge in [-0.1, -0.05) is 0 Å². The Labute approximate surface area is 106 Å². The van der Waals surface area contributed by atoms with Gasteiger partial charge >= 0.3 is 0 Å². The maximum absolute atomic E-state index is 10.6. The minimum atomic E-state index is -0.450. The summed E-state index contributed by atoms with van der Waals surface area (Å²) in [4.78, 5) is 14.1. The monoisotopic (exact) mass is 251 g/mol. The standard InChI is InChI=1S/C12H17N3O3/c1-9-5-11(15(16)17)7-14-12(9)18-8-10-3-2-4-13-6-10/h5,7,10,13H,2-4,6,8H2,1H3. The lowest BCUT2D eigenvalue weighted by molar-refractivity contribution is -0.385. The molecule has 0 spiro atoms. The molecule has 0 radical (unpaired) electrons. The van der Waals surface area contributed by atoms with Crippen LogP contribution < -0.4 is 10.1 Å². The van der Waals surface area contributed by atoms with E-state index in [0.717, 1.165) is 19.5 Å². The van der Waals surface area contributed by atoms with Gasteiger partial charge in [0.2, 0.25) is 5.88 Å². The summed E-state index contributed by atoms with van der Waals surface area (Å²) >= 11 is 0. The summed E-state index contributed by atoms with van der Waals surface area (Å²) < 4.78 is 5.64. The van der Waals surface area contributed by atoms with E-state index in [0.29, 0.717) is 24.0 Å². The molecule has 1 aromatic heterocycles. The summed E-state index contributed by atoms with van der Waals surface area (Å²) in [6.07, 6.45) is 3.56. The molecule has 1 aliphatic heterocycles. The van der Waals surface area contributed by atoms with Crippen LogP contribution in [-0.4, -0.2) is 29.6 Å². The molecule has 1 saturated heterocycles. The molecular formula is C12H17N3O3. The van der Waals surface area contributed by atoms with Crippen molar-refractivity contribution < 1.29 is 9.66 Å². The second-order valence-electron chi connectivity index (χ2n) is 4.60. The van der Waals surface area contributed by atoms with Crippen LogP contribution in [0, 0.1) is 23.0 Å². The number of nitrogens with zero attached hydrogens (tertiary/aromatic N) is 2. The lowest BCUT2D eigenvalue weighted by atomic mass is 10.0. The molecule has 0 aromatic carbocycles. The third-order valence-electron chi connectivity index (χ3n) is 3.08. The average molecular weight is 251 g/mol. The molecule has 1 N–H and O–H groups in total. The smallest absolute Gasteiger partial charge is 0.288 e. The number of piperidine rings is 1. The number of ether oxygens (including phenoxy) is 1. The highest BCUT2D eigenvalue weighted by Crippen LogP contribution is 2.21. The molecule has 6 heteroatoms. The van der Waals surface area contributed by atoms with Crippen LogP contribution in [0.4, 0.5) is 5.69 Å². The van der Waals surface area contributed by atoms with Gasteiger partial charge < -0.3 is 10.1 Å². The van der Waals surface area contributed by atoms with Crippen LogP contribution in [0.1, 0.15) is 18.4 Å². The average Bonchev–Trinajstić information content (AvgIpc) is 2.38. The molecule has 1 fully saturated rings. The number of rotatable bonds is 4. The summed E-state index contributed by atoms with van der Waals surface area (Å²) in [7, 11) is 0. The van der Waals surface area contributed by atoms with E-state index in [4.69, 9.17) is 4.74 Å². The third-order valence-corrected chi connectivity index (χ3v) is 3.08. The Kier molecular flexibility index (Phi) is 4.09. The van der Waals surface area contributed by atoms with Crippen molar-refractivity contribution in [1.82, 2.24) is 10.3 Å². The van der Waals surface area contributed by atoms with E-state index in [1.54, 1.807) is 6.92 Å². The zero-order valence-electron chi connectivity index (χ0n) is 10.4. The van der Waals surface area contributed by atoms with Gasteiger partial charge in [-0.3, -0.25) is 10.1 Å². The lowest BCUT2D eigenvalue weighted by Crippen LogP contribution is -2.33. The van der Waals surface area contributed by atoms with E-state index in [1.165, 1.54) is 18.7 Å². The summed E-state index contributed by atoms with van der Waals surface area (Å²) in [6.45, 7) is 4.42. The van der Waals surface area contributed by atoms with Gasteiger partial charge in [0.15, 0.2) is 0 Å². The van der Waals surface area contributed by atoms with Crippen molar-refractivity contribution in [1.29, 1.82) is 0 Å². The number of hydrogen-bond donors (Lipinski definition) is 1. The van der Waals surface area contributed by atoms with Crippen molar-refractivity contribution in [2.24, 2.45) is 5.92 Å². The molecule has 98 valence electrons. The first-order chi connectivity index (χ1) is 8.66. The second kappa shape index (κ2) is 5.77. The molecule has 6 nitrogen and oxygen atoms in total. The fraction of sp³-hybridized carbons (Fsp3) is 0.583. The summed E-state index contributed by atoms with van der Waals surface area (Å²) in [5, 5.41) is 13.9. The largest absolute Gasteiger partial charge is 0.477 e. The van der Waals surface area contributed by atoms with Crippen LogP contribution in [0.3, 0.4) is 0 Å². The Hall–Kier alpha value is -1.69. The van der Waals surface area contributed by atoms with Crippen LogP contribution in [-0.2, 0) is 0 Å². The fourth-order valence-corrected chi connectivity index (χ4v) is 2.06. The summed E-state index contributed by atoms with van der Waals surface area (Å²) in [6, 6.07) is 1.49. The van der Waals surface area contributed by atoms with Crippen molar-refractivity contribution >= 4 is 5.69 Å². The molecule has 0 bridgehead atoms. The van der Waals surface area contributed by atoms with Crippen molar-refractivity contribution in [2.45, 2.75) is 19.8 Å². The van der Waals surface area contributed by atoms with Crippen LogP contribution in [0.25, 0.3) is 0 Å². The Bertz CT molecular complexity index is 431. The highest BCUT2D eigenvalue weighted by Gasteiger charge is 2.15. The minimum Gasteiger partial charge on any atom is -0.477 e. The van der Waals surface area contributed by atoms with Gasteiger partial charge in [-0.25, -0.2) is 4.98 Å². The molecule has 18 heavy (non-hydrogen) atoms. The SMILES string of the molecule is Cc1cc([N+](=O)[O-])cnc1OCC1CCCNC1. The van der Waals surface area contributed by atoms with E-state index in [-0.39, 0.29) is 5.69 Å². The van der Waals surface area contributed by atoms with Gasteiger partial charge in [0.05, 0.1) is 11.5 Å². The van der Waals surface area contributed by atoms with E-state index in [1.807, 2.05) is 0 Å². The lowest BCUT2D eigenvalue weighted by Gasteiger charge is -2.22. The number of aryl methyl sites for hydroxylation is 1. The van der Waals surface area contributed by atoms with E-state index < -0.39 is 4.92 Å². The molecule has 1 aliphatic rings. The molecule has 2 rings (SSSR count). The highest BCUT2D eigenvalue weighted by atomic mass is 16.6. The van der Waals surface area contributed by atoms with E-state index >= 15 is 0 Å². The first kappa shape index (κ1) is 12.8. The predicted molar refractivity (Wildman–Crippen MR) is 66.7 cm³/mol. The second-order valence-corrected chi connectivity index (χ2v) is 4.60. The van der Waals surface area contributed by atoms with Gasteiger partial charge in [0, 0.05) is 24.1 Å². The number of nitrogens with one attached hydrogen (secondary N) is 1. The third kappa shape index (κ3) is 3.16. The zero-order valence-corrected chi connectivity index (χ0v) is 10.4. The van der Waals surface area contributed by atoms with E-state index in [2.05, 4.69) is 10.3 Å². The van der Waals surface area contributed by atoms with Crippen LogP contribution in [0.5, 0.6) is 5.88 Å². The summed E-state index contributed by atoms with van der Waals surface area (Å²) in [5.74, 6) is 0.987. The quantitative estimate of drug-likeness (QED) is 0.650. The molecule has 0 aliphatic carbocycles. The van der Waals surface area contributed by atoms with Crippen molar-refractivity contribution in [2.75, 3.05) is 19.7 Å². The van der Waals surface area contributed by atoms with Gasteiger partial charge in [-0.15, -0.1) is 0 Å². The molecule has 0 amide bonds. The fourth-order valence-electron chi connectivity index (χ4n) is 2.06. The van der Waals surface area contributed by atoms with Crippen molar-refractivity contribution in [3.8, 4) is 5.88 Å². The number of nitro groups is 1. The number of aromatic nitrogens is 1. The Morgan fingerprint density at radius 2 is 2.50 bits per heavy atom. The first-order valence-corrected chi connectivity index (χ1v) is 6.11. The highest BCUT2D eigenvalue weighted by molar-refractivity contribution is 5.36. The predicted octanol–water partition coefficient (Wildman–Crippen LogP) is 1.68.